The number of anilines is 1. The number of amides is 1. The van der Waals surface area contributed by atoms with Gasteiger partial charge in [-0.25, -0.2) is 4.98 Å². The second-order valence-corrected chi connectivity index (χ2v) is 4.49. The third-order valence-electron chi connectivity index (χ3n) is 2.27. The van der Waals surface area contributed by atoms with Crippen LogP contribution in [-0.2, 0) is 0 Å². The molecule has 0 saturated carbocycles. The normalized spacial score (nSPS) is 10.1. The summed E-state index contributed by atoms with van der Waals surface area (Å²) >= 11 is 1.31. The van der Waals surface area contributed by atoms with Gasteiger partial charge in [-0.15, -0.1) is 11.3 Å². The van der Waals surface area contributed by atoms with E-state index in [-0.39, 0.29) is 11.6 Å². The summed E-state index contributed by atoms with van der Waals surface area (Å²) in [6.45, 7) is 1.60. The standard InChI is InChI=1S/C11H9N3O3S/c1-7-5-10(12-6-8(7)14(16)17)13-11(15)9-3-2-4-18-9/h2-6H,1H3,(H,12,13,15). The van der Waals surface area contributed by atoms with Crippen molar-refractivity contribution < 1.29 is 9.72 Å². The number of carbonyl (C=O) groups excluding carboxylic acids is 1. The molecule has 2 heterocycles. The minimum atomic E-state index is -0.507. The molecule has 0 aliphatic carbocycles. The van der Waals surface area contributed by atoms with Crippen molar-refractivity contribution in [1.29, 1.82) is 0 Å². The highest BCUT2D eigenvalue weighted by Gasteiger charge is 2.13. The van der Waals surface area contributed by atoms with Gasteiger partial charge in [0, 0.05) is 5.56 Å². The fraction of sp³-hybridized carbons (Fsp3) is 0.0909. The molecule has 0 fully saturated rings. The van der Waals surface area contributed by atoms with Crippen LogP contribution >= 0.6 is 11.3 Å². The highest BCUT2D eigenvalue weighted by molar-refractivity contribution is 7.12. The summed E-state index contributed by atoms with van der Waals surface area (Å²) in [5.74, 6) is 0.0299. The summed E-state index contributed by atoms with van der Waals surface area (Å²) in [7, 11) is 0. The number of hydrogen-bond donors (Lipinski definition) is 1. The average molecular weight is 263 g/mol. The van der Waals surface area contributed by atoms with Gasteiger partial charge in [-0.3, -0.25) is 14.9 Å². The van der Waals surface area contributed by atoms with E-state index in [1.165, 1.54) is 17.4 Å². The van der Waals surface area contributed by atoms with Gasteiger partial charge in [-0.1, -0.05) is 6.07 Å². The molecule has 7 heteroatoms. The van der Waals surface area contributed by atoms with E-state index in [1.54, 1.807) is 24.4 Å². The molecular formula is C11H9N3O3S. The van der Waals surface area contributed by atoms with Crippen LogP contribution in [0.25, 0.3) is 0 Å². The largest absolute Gasteiger partial charge is 0.306 e. The number of hydrogen-bond acceptors (Lipinski definition) is 5. The molecule has 2 aromatic heterocycles. The predicted molar refractivity (Wildman–Crippen MR) is 67.9 cm³/mol. The van der Waals surface area contributed by atoms with Crippen LogP contribution in [0.2, 0.25) is 0 Å². The van der Waals surface area contributed by atoms with Crippen LogP contribution in [0.1, 0.15) is 15.2 Å². The maximum atomic E-state index is 11.7. The number of nitrogens with one attached hydrogen (secondary N) is 1. The number of aromatic nitrogens is 1. The van der Waals surface area contributed by atoms with E-state index >= 15 is 0 Å². The minimum Gasteiger partial charge on any atom is -0.306 e. The Bertz CT molecular complexity index is 596. The molecule has 1 N–H and O–H groups in total. The molecule has 0 bridgehead atoms. The van der Waals surface area contributed by atoms with E-state index in [0.29, 0.717) is 16.3 Å². The van der Waals surface area contributed by atoms with Crippen molar-refractivity contribution in [2.24, 2.45) is 0 Å². The topological polar surface area (TPSA) is 85.1 Å². The first kappa shape index (κ1) is 12.2. The first-order valence-electron chi connectivity index (χ1n) is 5.04. The van der Waals surface area contributed by atoms with Crippen LogP contribution in [0.4, 0.5) is 11.5 Å². The first-order chi connectivity index (χ1) is 8.58. The lowest BCUT2D eigenvalue weighted by molar-refractivity contribution is -0.385. The van der Waals surface area contributed by atoms with E-state index in [0.717, 1.165) is 6.20 Å². The molecule has 2 aromatic rings. The van der Waals surface area contributed by atoms with E-state index < -0.39 is 4.92 Å². The van der Waals surface area contributed by atoms with Gasteiger partial charge in [-0.05, 0) is 24.4 Å². The number of pyridine rings is 1. The van der Waals surface area contributed by atoms with Crippen molar-refractivity contribution in [3.05, 3.63) is 50.3 Å². The molecular weight excluding hydrogens is 254 g/mol. The summed E-state index contributed by atoms with van der Waals surface area (Å²) in [4.78, 5) is 26.3. The van der Waals surface area contributed by atoms with E-state index in [2.05, 4.69) is 10.3 Å². The summed E-state index contributed by atoms with van der Waals surface area (Å²) in [6, 6.07) is 4.94. The molecule has 0 aliphatic heterocycles. The Balaban J connectivity index is 2.18. The number of carbonyl (C=O) groups is 1. The fourth-order valence-corrected chi connectivity index (χ4v) is 2.01. The Kier molecular flexibility index (Phi) is 3.33. The number of rotatable bonds is 3. The van der Waals surface area contributed by atoms with Gasteiger partial charge in [0.15, 0.2) is 0 Å². The van der Waals surface area contributed by atoms with E-state index in [1.807, 2.05) is 0 Å². The Labute approximate surface area is 106 Å². The van der Waals surface area contributed by atoms with Crippen LogP contribution in [-0.4, -0.2) is 15.8 Å². The van der Waals surface area contributed by atoms with E-state index in [9.17, 15) is 14.9 Å². The zero-order chi connectivity index (χ0) is 13.1. The predicted octanol–water partition coefficient (Wildman–Crippen LogP) is 2.61. The molecule has 2 rings (SSSR count). The lowest BCUT2D eigenvalue weighted by atomic mass is 10.2. The van der Waals surface area contributed by atoms with Gasteiger partial charge in [0.05, 0.1) is 9.80 Å². The van der Waals surface area contributed by atoms with Crippen molar-refractivity contribution in [3.8, 4) is 0 Å². The average Bonchev–Trinajstić information content (AvgIpc) is 2.81. The third-order valence-corrected chi connectivity index (χ3v) is 3.14. The summed E-state index contributed by atoms with van der Waals surface area (Å²) in [5, 5.41) is 15.0. The molecule has 0 saturated heterocycles. The number of nitro groups is 1. The maximum Gasteiger partial charge on any atom is 0.290 e. The van der Waals surface area contributed by atoms with Gasteiger partial charge >= 0.3 is 0 Å². The minimum absolute atomic E-state index is 0.0656. The summed E-state index contributed by atoms with van der Waals surface area (Å²) in [6.07, 6.45) is 1.14. The van der Waals surface area contributed by atoms with Gasteiger partial charge < -0.3 is 5.32 Å². The van der Waals surface area contributed by atoms with Crippen LogP contribution in [0.15, 0.2) is 29.8 Å². The second-order valence-electron chi connectivity index (χ2n) is 3.54. The lowest BCUT2D eigenvalue weighted by Gasteiger charge is -2.03. The highest BCUT2D eigenvalue weighted by Crippen LogP contribution is 2.19. The van der Waals surface area contributed by atoms with E-state index in [4.69, 9.17) is 0 Å². The van der Waals surface area contributed by atoms with Gasteiger partial charge in [-0.2, -0.15) is 0 Å². The van der Waals surface area contributed by atoms with Crippen LogP contribution in [0.3, 0.4) is 0 Å². The number of thiophene rings is 1. The Morgan fingerprint density at radius 3 is 2.89 bits per heavy atom. The van der Waals surface area contributed by atoms with Crippen molar-refractivity contribution in [1.82, 2.24) is 4.98 Å². The second kappa shape index (κ2) is 4.92. The van der Waals surface area contributed by atoms with Crippen molar-refractivity contribution in [2.45, 2.75) is 6.92 Å². The van der Waals surface area contributed by atoms with Crippen LogP contribution in [0, 0.1) is 17.0 Å². The summed E-state index contributed by atoms with van der Waals surface area (Å²) < 4.78 is 0. The SMILES string of the molecule is Cc1cc(NC(=O)c2cccs2)ncc1[N+](=O)[O-]. The molecule has 6 nitrogen and oxygen atoms in total. The Morgan fingerprint density at radius 2 is 2.33 bits per heavy atom. The first-order valence-corrected chi connectivity index (χ1v) is 5.92. The van der Waals surface area contributed by atoms with Crippen molar-refractivity contribution in [3.63, 3.8) is 0 Å². The van der Waals surface area contributed by atoms with Crippen LogP contribution in [0.5, 0.6) is 0 Å². The number of nitrogens with zero attached hydrogens (tertiary/aromatic N) is 2. The molecule has 18 heavy (non-hydrogen) atoms. The maximum absolute atomic E-state index is 11.7. The lowest BCUT2D eigenvalue weighted by Crippen LogP contribution is -2.11. The molecule has 0 spiro atoms. The third kappa shape index (κ3) is 2.51. The van der Waals surface area contributed by atoms with Crippen molar-refractivity contribution in [2.75, 3.05) is 5.32 Å². The highest BCUT2D eigenvalue weighted by atomic mass is 32.1. The smallest absolute Gasteiger partial charge is 0.290 e. The number of aryl methyl sites for hydroxylation is 1. The molecule has 0 radical (unpaired) electrons. The zero-order valence-corrected chi connectivity index (χ0v) is 10.2. The van der Waals surface area contributed by atoms with Gasteiger partial charge in [0.1, 0.15) is 12.0 Å². The Hall–Kier alpha value is -2.28. The van der Waals surface area contributed by atoms with Crippen molar-refractivity contribution >= 4 is 28.7 Å². The van der Waals surface area contributed by atoms with Crippen LogP contribution < -0.4 is 5.32 Å². The van der Waals surface area contributed by atoms with Gasteiger partial charge in [0.25, 0.3) is 11.6 Å². The molecule has 0 aliphatic rings. The monoisotopic (exact) mass is 263 g/mol. The summed E-state index contributed by atoms with van der Waals surface area (Å²) in [5.41, 5.74) is 0.389. The fourth-order valence-electron chi connectivity index (χ4n) is 1.39. The zero-order valence-electron chi connectivity index (χ0n) is 9.41. The molecule has 1 amide bonds. The quantitative estimate of drug-likeness (QED) is 0.681. The van der Waals surface area contributed by atoms with Gasteiger partial charge in [0.2, 0.25) is 0 Å². The molecule has 0 atom stereocenters. The Morgan fingerprint density at radius 1 is 1.56 bits per heavy atom. The molecule has 0 aromatic carbocycles. The molecule has 92 valence electrons. The molecule has 0 unspecified atom stereocenters.